The Hall–Kier alpha value is -2.52. The zero-order valence-electron chi connectivity index (χ0n) is 36.0. The second kappa shape index (κ2) is 13.6. The smallest absolute Gasteiger partial charge is 0.0218 e. The van der Waals surface area contributed by atoms with Crippen molar-refractivity contribution in [2.45, 2.75) is 169 Å². The topological polar surface area (TPSA) is 0 Å². The van der Waals surface area contributed by atoms with Gasteiger partial charge in [0.25, 0.3) is 0 Å². The molecule has 0 atom stereocenters. The highest BCUT2D eigenvalue weighted by Gasteiger charge is 2.33. The van der Waals surface area contributed by atoms with Crippen molar-refractivity contribution in [1.82, 2.24) is 0 Å². The minimum absolute atomic E-state index is 0.00414. The molecule has 278 valence electrons. The number of rotatable bonds is 4. The number of benzene rings is 2. The maximum atomic E-state index is 2.55. The van der Waals surface area contributed by atoms with E-state index in [0.717, 1.165) is 0 Å². The molecule has 0 saturated heterocycles. The summed E-state index contributed by atoms with van der Waals surface area (Å²) in [5, 5.41) is 3.01. The second-order valence-corrected chi connectivity index (χ2v) is 23.9. The van der Waals surface area contributed by atoms with Gasteiger partial charge >= 0.3 is 0 Å². The van der Waals surface area contributed by atoms with E-state index in [9.17, 15) is 0 Å². The van der Waals surface area contributed by atoms with Crippen molar-refractivity contribution in [2.24, 2.45) is 0 Å². The lowest BCUT2D eigenvalue weighted by atomic mass is 9.75. The Kier molecular flexibility index (Phi) is 10.7. The fourth-order valence-corrected chi connectivity index (χ4v) is 11.5. The fourth-order valence-electron chi connectivity index (χ4n) is 7.48. The van der Waals surface area contributed by atoms with Crippen LogP contribution >= 0.6 is 16.4 Å². The monoisotopic (exact) mass is 730 g/mol. The molecule has 0 heterocycles. The van der Waals surface area contributed by atoms with Crippen LogP contribution in [0.25, 0.3) is 0 Å². The van der Waals surface area contributed by atoms with E-state index in [1.54, 1.807) is 0 Å². The summed E-state index contributed by atoms with van der Waals surface area (Å²) >= 11 is 0. The molecule has 0 spiro atoms. The van der Waals surface area contributed by atoms with Gasteiger partial charge in [-0.15, -0.1) is 0 Å². The van der Waals surface area contributed by atoms with E-state index < -0.39 is 0 Å². The Morgan fingerprint density at radius 1 is 0.346 bits per heavy atom. The number of hydrogen-bond acceptors (Lipinski definition) is 0. The molecule has 0 nitrogen and oxygen atoms in total. The summed E-state index contributed by atoms with van der Waals surface area (Å²) in [5.41, 5.74) is 12.1. The van der Waals surface area contributed by atoms with Crippen molar-refractivity contribution in [2.75, 3.05) is 0 Å². The highest BCUT2D eigenvalue weighted by Crippen LogP contribution is 2.46. The largest absolute Gasteiger partial charge is 0.0732 e. The van der Waals surface area contributed by atoms with E-state index in [1.165, 1.54) is 81.4 Å². The van der Waals surface area contributed by atoms with Gasteiger partial charge in [-0.25, -0.2) is 0 Å². The summed E-state index contributed by atoms with van der Waals surface area (Å²) in [7, 11) is 2.66. The normalized spacial score (nSPS) is 17.2. The SMILES string of the molecule is CC(C)(C)c1cc(C(C)(C)C)c(P=c2c(C3C=CC=C3)c(C3C=CC=C3)c2=Pc2c(C(C)(C)C)cc(C(C)(C)C)cc2C(C)(C)C)c(C(C)(C)C)c1. The average molecular weight is 731 g/mol. The zero-order chi connectivity index (χ0) is 39.0. The highest BCUT2D eigenvalue weighted by atomic mass is 31.1. The Morgan fingerprint density at radius 2 is 0.577 bits per heavy atom. The van der Waals surface area contributed by atoms with Gasteiger partial charge in [-0.05, 0) is 77.0 Å². The number of allylic oxidation sites excluding steroid dienone is 8. The highest BCUT2D eigenvalue weighted by molar-refractivity contribution is 7.42. The van der Waals surface area contributed by atoms with Crippen molar-refractivity contribution in [3.63, 3.8) is 0 Å². The van der Waals surface area contributed by atoms with Gasteiger partial charge in [0.2, 0.25) is 0 Å². The van der Waals surface area contributed by atoms with Crippen molar-refractivity contribution in [3.8, 4) is 0 Å². The maximum absolute atomic E-state index is 2.55. The van der Waals surface area contributed by atoms with Crippen LogP contribution in [0.15, 0.2) is 72.9 Å². The lowest BCUT2D eigenvalue weighted by Gasteiger charge is -2.33. The molecule has 52 heavy (non-hydrogen) atoms. The summed E-state index contributed by atoms with van der Waals surface area (Å²) in [6.07, 6.45) is 18.7. The molecule has 0 amide bonds. The summed E-state index contributed by atoms with van der Waals surface area (Å²) in [6.45, 7) is 43.1. The van der Waals surface area contributed by atoms with Crippen molar-refractivity contribution >= 4 is 27.0 Å². The van der Waals surface area contributed by atoms with Gasteiger partial charge in [0.15, 0.2) is 0 Å². The molecule has 0 fully saturated rings. The molecule has 0 aromatic heterocycles. The first-order chi connectivity index (χ1) is 23.6. The molecule has 3 aromatic carbocycles. The molecule has 0 aliphatic heterocycles. The third kappa shape index (κ3) is 8.25. The molecule has 0 unspecified atom stereocenters. The first kappa shape index (κ1) is 40.7. The van der Waals surface area contributed by atoms with E-state index in [4.69, 9.17) is 0 Å². The lowest BCUT2D eigenvalue weighted by Crippen LogP contribution is -2.30. The molecule has 2 heteroatoms. The van der Waals surface area contributed by atoms with Crippen LogP contribution < -0.4 is 10.6 Å². The molecule has 0 bridgehead atoms. The summed E-state index contributed by atoms with van der Waals surface area (Å²) in [5.74, 6) is 0.604. The van der Waals surface area contributed by atoms with Crippen LogP contribution in [0.5, 0.6) is 0 Å². The molecular weight excluding hydrogens is 662 g/mol. The minimum Gasteiger partial charge on any atom is -0.0732 e. The van der Waals surface area contributed by atoms with E-state index in [2.05, 4.69) is 198 Å². The third-order valence-electron chi connectivity index (χ3n) is 10.8. The van der Waals surface area contributed by atoms with E-state index in [0.29, 0.717) is 11.8 Å². The Balaban J connectivity index is 2.05. The third-order valence-corrected chi connectivity index (χ3v) is 13.8. The van der Waals surface area contributed by atoms with E-state index in [1.807, 2.05) is 0 Å². The minimum atomic E-state index is 0.00414. The summed E-state index contributed by atoms with van der Waals surface area (Å²) in [4.78, 5) is 3.07. The van der Waals surface area contributed by atoms with Gasteiger partial charge in [-0.2, -0.15) is 0 Å². The van der Waals surface area contributed by atoms with Gasteiger partial charge in [0, 0.05) is 32.3 Å². The molecule has 0 radical (unpaired) electrons. The van der Waals surface area contributed by atoms with Gasteiger partial charge in [-0.3, -0.25) is 0 Å². The van der Waals surface area contributed by atoms with Gasteiger partial charge in [0.1, 0.15) is 0 Å². The lowest BCUT2D eigenvalue weighted by molar-refractivity contribution is 0.553. The van der Waals surface area contributed by atoms with E-state index >= 15 is 0 Å². The molecule has 3 aromatic rings. The number of hydrogen-bond donors (Lipinski definition) is 0. The predicted octanol–water partition coefficient (Wildman–Crippen LogP) is 14.4. The molecule has 0 saturated carbocycles. The van der Waals surface area contributed by atoms with Crippen LogP contribution in [0.1, 0.15) is 181 Å². The zero-order valence-corrected chi connectivity index (χ0v) is 37.8. The first-order valence-electron chi connectivity index (χ1n) is 19.6. The van der Waals surface area contributed by atoms with Crippen molar-refractivity contribution in [3.05, 3.63) is 127 Å². The van der Waals surface area contributed by atoms with Crippen LogP contribution in [-0.2, 0) is 32.5 Å². The van der Waals surface area contributed by atoms with Crippen LogP contribution in [0.3, 0.4) is 0 Å². The van der Waals surface area contributed by atoms with Crippen LogP contribution in [0.4, 0.5) is 0 Å². The second-order valence-electron chi connectivity index (χ2n) is 21.7. The quantitative estimate of drug-likeness (QED) is 0.235. The molecule has 2 aliphatic rings. The van der Waals surface area contributed by atoms with Crippen LogP contribution in [0.2, 0.25) is 0 Å². The van der Waals surface area contributed by atoms with Gasteiger partial charge < -0.3 is 0 Å². The van der Waals surface area contributed by atoms with Crippen molar-refractivity contribution < 1.29 is 0 Å². The molecule has 5 rings (SSSR count). The average Bonchev–Trinajstić information content (AvgIpc) is 3.69. The standard InChI is InChI=1S/C50H68P2/c1-45(2,3)33-27-35(47(7,8)9)41(36(28-33)48(10,11)12)51-43-39(31-23-19-20-24-31)40(32-25-21-22-26-32)44(43)52-42-37(49(13,14)15)29-34(46(4,5)6)30-38(42)50(16,17)18/h19-32H,1-18H3. The first-order valence-corrected chi connectivity index (χ1v) is 21.4. The van der Waals surface area contributed by atoms with Crippen LogP contribution in [0, 0.1) is 9.88 Å². The Bertz CT molecular complexity index is 1820. The molecule has 2 aliphatic carbocycles. The summed E-state index contributed by atoms with van der Waals surface area (Å²) in [6, 6.07) is 10.2. The summed E-state index contributed by atoms with van der Waals surface area (Å²) < 4.78 is 0. The molecular formula is C50H68P2. The van der Waals surface area contributed by atoms with Gasteiger partial charge in [-0.1, -0.05) is 214 Å². The van der Waals surface area contributed by atoms with Crippen molar-refractivity contribution in [1.29, 1.82) is 0 Å². The Morgan fingerprint density at radius 3 is 0.769 bits per heavy atom. The molecule has 0 N–H and O–H groups in total. The van der Waals surface area contributed by atoms with Gasteiger partial charge in [0.05, 0.1) is 0 Å². The maximum Gasteiger partial charge on any atom is 0.0218 e. The predicted molar refractivity (Wildman–Crippen MR) is 236 cm³/mol. The fraction of sp³-hybridized carbons (Fsp3) is 0.520. The Labute approximate surface area is 322 Å². The van der Waals surface area contributed by atoms with E-state index in [-0.39, 0.29) is 32.5 Å². The van der Waals surface area contributed by atoms with Crippen LogP contribution in [-0.4, -0.2) is 0 Å².